The van der Waals surface area contributed by atoms with Gasteiger partial charge in [-0.05, 0) is 115 Å². The first-order valence-corrected chi connectivity index (χ1v) is 28.6. The fourth-order valence-corrected chi connectivity index (χ4v) is 12.2. The maximum absolute atomic E-state index is 13.1. The lowest BCUT2D eigenvalue weighted by molar-refractivity contribution is 0.463. The molecule has 0 atom stereocenters. The molecule has 1 aliphatic heterocycles. The van der Waals surface area contributed by atoms with Crippen LogP contribution in [0.5, 0.6) is 0 Å². The van der Waals surface area contributed by atoms with Gasteiger partial charge in [0.25, 0.3) is 0 Å². The van der Waals surface area contributed by atoms with Crippen molar-refractivity contribution in [1.82, 2.24) is 4.58 Å². The van der Waals surface area contributed by atoms with Crippen molar-refractivity contribution in [1.29, 1.82) is 0 Å². The van der Waals surface area contributed by atoms with E-state index in [4.69, 9.17) is 4.42 Å². The minimum atomic E-state index is -4.86. The molecule has 2 aliphatic rings. The molecule has 0 saturated carbocycles. The summed E-state index contributed by atoms with van der Waals surface area (Å²) in [6.07, 6.45) is 1.85. The number of benzene rings is 7. The summed E-state index contributed by atoms with van der Waals surface area (Å²) in [7, 11) is -4.86. The molecule has 6 aromatic rings. The van der Waals surface area contributed by atoms with Crippen molar-refractivity contribution in [3.8, 4) is 22.5 Å². The van der Waals surface area contributed by atoms with Crippen molar-refractivity contribution in [2.75, 3.05) is 29.5 Å². The molecule has 0 aromatic heterocycles. The molecule has 0 saturated heterocycles. The van der Waals surface area contributed by atoms with Gasteiger partial charge in [0.15, 0.2) is 0 Å². The molecule has 0 amide bonds. The number of hydrogen-bond donors (Lipinski definition) is 0. The van der Waals surface area contributed by atoms with Crippen molar-refractivity contribution < 1.29 is 17.4 Å². The quantitative estimate of drug-likeness (QED) is 0.0263. The van der Waals surface area contributed by atoms with Gasteiger partial charge in [0, 0.05) is 85.2 Å². The number of aryl methyl sites for hydroxylation is 1. The predicted octanol–water partition coefficient (Wildman–Crippen LogP) is 16.5. The third-order valence-electron chi connectivity index (χ3n) is 13.3. The Labute approximate surface area is 431 Å². The number of rotatable bonds is 19. The number of fused-ring (bicyclic) bond motifs is 2. The van der Waals surface area contributed by atoms with Crippen molar-refractivity contribution in [2.45, 2.75) is 114 Å². The zero-order chi connectivity index (χ0) is 50.4. The topological polar surface area (TPSA) is 76.6 Å². The largest absolute Gasteiger partial charge is 0.744 e. The van der Waals surface area contributed by atoms with Gasteiger partial charge in [0.2, 0.25) is 11.0 Å². The average molecular weight is 1000 g/mol. The first kappa shape index (κ1) is 51.8. The maximum Gasteiger partial charge on any atom is 0.212 e. The second-order valence-electron chi connectivity index (χ2n) is 19.8. The van der Waals surface area contributed by atoms with Crippen LogP contribution in [0.2, 0.25) is 0 Å². The van der Waals surface area contributed by atoms with Gasteiger partial charge in [0.1, 0.15) is 28.0 Å². The molecule has 0 unspecified atom stereocenters. The highest BCUT2D eigenvalue weighted by Crippen LogP contribution is 2.46. The highest BCUT2D eigenvalue weighted by Gasteiger charge is 2.28. The maximum atomic E-state index is 13.1. The van der Waals surface area contributed by atoms with Crippen molar-refractivity contribution in [3.63, 3.8) is 0 Å². The summed E-state index contributed by atoms with van der Waals surface area (Å²) < 4.78 is 49.0. The molecule has 8 rings (SSSR count). The van der Waals surface area contributed by atoms with Crippen molar-refractivity contribution >= 4 is 61.7 Å². The molecule has 1 aliphatic carbocycles. The smallest absolute Gasteiger partial charge is 0.212 e. The lowest BCUT2D eigenvalue weighted by Crippen LogP contribution is -2.29. The van der Waals surface area contributed by atoms with Gasteiger partial charge < -0.3 is 13.9 Å². The van der Waals surface area contributed by atoms with E-state index in [1.54, 1.807) is 18.2 Å². The Morgan fingerprint density at radius 3 is 1.73 bits per heavy atom. The molecule has 6 nitrogen and oxygen atoms in total. The highest BCUT2D eigenvalue weighted by atomic mass is 32.2. The summed E-state index contributed by atoms with van der Waals surface area (Å²) in [6, 6.07) is 51.7. The van der Waals surface area contributed by atoms with Gasteiger partial charge in [-0.1, -0.05) is 134 Å². The van der Waals surface area contributed by atoms with Crippen LogP contribution in [0, 0.1) is 6.92 Å². The van der Waals surface area contributed by atoms with Crippen LogP contribution in [-0.4, -0.2) is 37.6 Å². The van der Waals surface area contributed by atoms with Crippen LogP contribution in [0.3, 0.4) is 0 Å². The summed E-state index contributed by atoms with van der Waals surface area (Å²) in [5.41, 5.74) is 12.1. The molecule has 368 valence electrons. The Kier molecular flexibility index (Phi) is 16.7. The van der Waals surface area contributed by atoms with Gasteiger partial charge in [0.05, 0.1) is 11.0 Å². The van der Waals surface area contributed by atoms with E-state index in [0.717, 1.165) is 59.4 Å². The molecule has 1 heterocycles. The third kappa shape index (κ3) is 11.9. The molecule has 0 radical (unpaired) electrons. The number of para-hydroxylation sites is 1. The normalized spacial score (nSPS) is 12.5. The molecular formula is C62H68N2O4S3. The van der Waals surface area contributed by atoms with Gasteiger partial charge in [-0.2, -0.15) is 4.58 Å². The van der Waals surface area contributed by atoms with E-state index in [2.05, 4.69) is 199 Å². The average Bonchev–Trinajstić information content (AvgIpc) is 3.35. The monoisotopic (exact) mass is 1000 g/mol. The van der Waals surface area contributed by atoms with Crippen LogP contribution in [0.25, 0.3) is 33.4 Å². The number of anilines is 2. The fraction of sp³-hybridized carbons (Fsp3) is 0.306. The molecule has 6 aromatic carbocycles. The van der Waals surface area contributed by atoms with E-state index in [9.17, 15) is 13.0 Å². The minimum Gasteiger partial charge on any atom is -0.744 e. The highest BCUT2D eigenvalue weighted by molar-refractivity contribution is 7.99. The molecule has 9 heteroatoms. The summed E-state index contributed by atoms with van der Waals surface area (Å²) >= 11 is 3.74. The molecule has 0 fully saturated rings. The summed E-state index contributed by atoms with van der Waals surface area (Å²) in [5, 5.41) is 1.71. The van der Waals surface area contributed by atoms with Gasteiger partial charge >= 0.3 is 0 Å². The zero-order valence-electron chi connectivity index (χ0n) is 42.7. The minimum absolute atomic E-state index is 0.257. The predicted molar refractivity (Wildman–Crippen MR) is 301 cm³/mol. The SMILES string of the molecule is Cc1cc(C(C)C)c([N+](CCCSc2ccccc2)=c2ccc3c(-c4ccccc4S(=O)(=O)[O-])c4ccc(N(CCCSc5ccccc5)c5c(C(C)C)cccc5C(C)C)cc4oc-3c2)c(C(C)C)c1. The van der Waals surface area contributed by atoms with E-state index >= 15 is 0 Å². The molecular weight excluding hydrogens is 933 g/mol. The summed E-state index contributed by atoms with van der Waals surface area (Å²) in [6.45, 7) is 21.8. The van der Waals surface area contributed by atoms with Crippen molar-refractivity contribution in [2.24, 2.45) is 0 Å². The Bertz CT molecular complexity index is 3210. The lowest BCUT2D eigenvalue weighted by Gasteiger charge is -2.32. The van der Waals surface area contributed by atoms with Crippen LogP contribution >= 0.6 is 23.5 Å². The Morgan fingerprint density at radius 1 is 0.592 bits per heavy atom. The van der Waals surface area contributed by atoms with E-state index in [1.165, 1.54) is 55.0 Å². The second-order valence-corrected chi connectivity index (χ2v) is 23.5. The van der Waals surface area contributed by atoms with Crippen LogP contribution in [0.1, 0.15) is 120 Å². The van der Waals surface area contributed by atoms with Gasteiger partial charge in [-0.15, -0.1) is 23.5 Å². The Balaban J connectivity index is 1.38. The van der Waals surface area contributed by atoms with Gasteiger partial charge in [-0.25, -0.2) is 8.42 Å². The number of nitrogens with zero attached hydrogens (tertiary/aromatic N) is 2. The van der Waals surface area contributed by atoms with E-state index in [0.29, 0.717) is 22.5 Å². The number of hydrogen-bond acceptors (Lipinski definition) is 7. The van der Waals surface area contributed by atoms with Gasteiger partial charge in [-0.3, -0.25) is 0 Å². The molecule has 0 spiro atoms. The first-order valence-electron chi connectivity index (χ1n) is 25.2. The Hall–Kier alpha value is -5.58. The molecule has 71 heavy (non-hydrogen) atoms. The lowest BCUT2D eigenvalue weighted by atomic mass is 9.90. The molecule has 0 N–H and O–H groups in total. The van der Waals surface area contributed by atoms with Crippen LogP contribution in [-0.2, 0) is 10.1 Å². The van der Waals surface area contributed by atoms with Crippen LogP contribution in [0.4, 0.5) is 17.1 Å². The summed E-state index contributed by atoms with van der Waals surface area (Å²) in [4.78, 5) is 4.71. The first-order chi connectivity index (χ1) is 34.1. The zero-order valence-corrected chi connectivity index (χ0v) is 45.2. The van der Waals surface area contributed by atoms with Crippen molar-refractivity contribution in [3.05, 3.63) is 185 Å². The van der Waals surface area contributed by atoms with E-state index in [-0.39, 0.29) is 28.6 Å². The van der Waals surface area contributed by atoms with E-state index < -0.39 is 10.1 Å². The second kappa shape index (κ2) is 22.9. The standard InChI is InChI=1S/C62H68N2O4S3/c1-41(2)50-26-18-27-51(42(3)4)61(50)63(33-19-35-69-48-21-12-10-13-22-48)46-29-31-52-57(39-46)68-58-40-47(30-32-53(58)60(52)54-25-16-17-28-59(54)71(65,66)67)64(34-20-36-70-49-23-14-11-15-24-49)62-55(43(5)6)37-45(9)38-56(62)44(7)8/h10-18,21-32,37-44H,19-20,33-36H2,1-9H3. The molecule has 0 bridgehead atoms. The Morgan fingerprint density at radius 2 is 1.15 bits per heavy atom. The summed E-state index contributed by atoms with van der Waals surface area (Å²) in [5.74, 6) is 3.57. The number of thioether (sulfide) groups is 2. The van der Waals surface area contributed by atoms with Crippen LogP contribution < -0.4 is 14.8 Å². The fourth-order valence-electron chi connectivity index (χ4n) is 9.83. The van der Waals surface area contributed by atoms with E-state index in [1.807, 2.05) is 23.5 Å². The van der Waals surface area contributed by atoms with Crippen LogP contribution in [0.15, 0.2) is 171 Å². The third-order valence-corrected chi connectivity index (χ3v) is 16.3.